The molecule has 2 unspecified atom stereocenters. The molecule has 2 heterocycles. The van der Waals surface area contributed by atoms with Crippen LogP contribution in [0.5, 0.6) is 0 Å². The number of rotatable bonds is 0. The summed E-state index contributed by atoms with van der Waals surface area (Å²) in [4.78, 5) is 12.9. The minimum absolute atomic E-state index is 0.372. The molecule has 0 aromatic heterocycles. The predicted octanol–water partition coefficient (Wildman–Crippen LogP) is 1.02. The van der Waals surface area contributed by atoms with Gasteiger partial charge in [-0.25, -0.2) is 0 Å². The summed E-state index contributed by atoms with van der Waals surface area (Å²) in [6.07, 6.45) is 3.28. The van der Waals surface area contributed by atoms with Gasteiger partial charge in [-0.15, -0.1) is 0 Å². The lowest BCUT2D eigenvalue weighted by Crippen LogP contribution is -2.56. The van der Waals surface area contributed by atoms with Crippen molar-refractivity contribution in [2.45, 2.75) is 32.2 Å². The topological polar surface area (TPSA) is 20.3 Å². The van der Waals surface area contributed by atoms with Crippen molar-refractivity contribution in [3.8, 4) is 0 Å². The average Bonchev–Trinajstić information content (AvgIpc) is 1.86. The Balaban J connectivity index is 1.99. The fourth-order valence-corrected chi connectivity index (χ4v) is 1.98. The highest BCUT2D eigenvalue weighted by Crippen LogP contribution is 2.31. The van der Waals surface area contributed by atoms with Crippen LogP contribution in [-0.4, -0.2) is 23.4 Å². The lowest BCUT2D eigenvalue weighted by molar-refractivity contribution is -0.149. The van der Waals surface area contributed by atoms with Crippen LogP contribution in [0, 0.1) is 5.92 Å². The van der Waals surface area contributed by atoms with Crippen LogP contribution in [0.4, 0.5) is 0 Å². The van der Waals surface area contributed by atoms with Gasteiger partial charge in [0.2, 0.25) is 5.91 Å². The highest BCUT2D eigenvalue weighted by atomic mass is 16.2. The van der Waals surface area contributed by atoms with E-state index in [4.69, 9.17) is 0 Å². The lowest BCUT2D eigenvalue weighted by Gasteiger charge is -2.46. The Morgan fingerprint density at radius 3 is 3.00 bits per heavy atom. The summed E-state index contributed by atoms with van der Waals surface area (Å²) >= 11 is 0. The second-order valence-electron chi connectivity index (χ2n) is 3.57. The van der Waals surface area contributed by atoms with Gasteiger partial charge >= 0.3 is 0 Å². The number of fused-ring (bicyclic) bond motifs is 1. The van der Waals surface area contributed by atoms with E-state index in [1.165, 1.54) is 12.8 Å². The van der Waals surface area contributed by atoms with Crippen LogP contribution in [0.3, 0.4) is 0 Å². The zero-order chi connectivity index (χ0) is 7.14. The quantitative estimate of drug-likeness (QED) is 0.459. The molecule has 2 saturated heterocycles. The van der Waals surface area contributed by atoms with Gasteiger partial charge in [0.05, 0.1) is 0 Å². The fourth-order valence-electron chi connectivity index (χ4n) is 1.98. The van der Waals surface area contributed by atoms with Crippen molar-refractivity contribution in [2.24, 2.45) is 5.92 Å². The van der Waals surface area contributed by atoms with Crippen molar-refractivity contribution in [1.82, 2.24) is 4.90 Å². The molecule has 56 valence electrons. The third kappa shape index (κ3) is 0.746. The number of hydrogen-bond donors (Lipinski definition) is 0. The first-order valence-corrected chi connectivity index (χ1v) is 4.07. The third-order valence-corrected chi connectivity index (χ3v) is 2.71. The standard InChI is InChI=1S/C8H13NO/c1-6-2-3-9-7(4-6)5-8(9)10/h6-7H,2-5H2,1H3. The molecule has 2 nitrogen and oxygen atoms in total. The first-order valence-electron chi connectivity index (χ1n) is 4.07. The summed E-state index contributed by atoms with van der Waals surface area (Å²) < 4.78 is 0. The SMILES string of the molecule is CC1CCN2C(=O)CC2C1. The van der Waals surface area contributed by atoms with Crippen molar-refractivity contribution in [3.05, 3.63) is 0 Å². The van der Waals surface area contributed by atoms with Gasteiger partial charge in [0.1, 0.15) is 0 Å². The van der Waals surface area contributed by atoms with E-state index >= 15 is 0 Å². The van der Waals surface area contributed by atoms with E-state index in [1.807, 2.05) is 4.90 Å². The fraction of sp³-hybridized carbons (Fsp3) is 0.875. The van der Waals surface area contributed by atoms with Crippen molar-refractivity contribution >= 4 is 5.91 Å². The number of hydrogen-bond acceptors (Lipinski definition) is 1. The highest BCUT2D eigenvalue weighted by molar-refractivity contribution is 5.83. The molecule has 2 aliphatic rings. The summed E-state index contributed by atoms with van der Waals surface area (Å²) in [7, 11) is 0. The number of carbonyl (C=O) groups is 1. The number of nitrogens with zero attached hydrogens (tertiary/aromatic N) is 1. The van der Waals surface area contributed by atoms with Crippen molar-refractivity contribution in [3.63, 3.8) is 0 Å². The molecule has 2 heteroatoms. The number of carbonyl (C=O) groups excluding carboxylic acids is 1. The van der Waals surface area contributed by atoms with Gasteiger partial charge in [0.15, 0.2) is 0 Å². The number of piperidine rings is 1. The monoisotopic (exact) mass is 139 g/mol. The van der Waals surface area contributed by atoms with Crippen molar-refractivity contribution in [1.29, 1.82) is 0 Å². The summed E-state index contributed by atoms with van der Waals surface area (Å²) in [5.41, 5.74) is 0. The molecule has 2 rings (SSSR count). The van der Waals surface area contributed by atoms with Crippen molar-refractivity contribution in [2.75, 3.05) is 6.54 Å². The summed E-state index contributed by atoms with van der Waals surface area (Å²) in [5.74, 6) is 1.21. The highest BCUT2D eigenvalue weighted by Gasteiger charge is 2.39. The maximum Gasteiger partial charge on any atom is 0.224 e. The molecule has 0 N–H and O–H groups in total. The van der Waals surface area contributed by atoms with Gasteiger partial charge in [-0.1, -0.05) is 6.92 Å². The van der Waals surface area contributed by atoms with Crippen LogP contribution in [0.2, 0.25) is 0 Å². The van der Waals surface area contributed by atoms with Crippen LogP contribution in [0.25, 0.3) is 0 Å². The van der Waals surface area contributed by atoms with Gasteiger partial charge < -0.3 is 4.90 Å². The Morgan fingerprint density at radius 2 is 2.40 bits per heavy atom. The maximum atomic E-state index is 10.9. The van der Waals surface area contributed by atoms with Crippen LogP contribution in [-0.2, 0) is 4.79 Å². The Morgan fingerprint density at radius 1 is 1.60 bits per heavy atom. The third-order valence-electron chi connectivity index (χ3n) is 2.71. The summed E-state index contributed by atoms with van der Waals surface area (Å²) in [5, 5.41) is 0. The van der Waals surface area contributed by atoms with Gasteiger partial charge in [-0.05, 0) is 18.8 Å². The molecule has 0 spiro atoms. The number of amides is 1. The van der Waals surface area contributed by atoms with Gasteiger partial charge in [0, 0.05) is 19.0 Å². The average molecular weight is 139 g/mol. The largest absolute Gasteiger partial charge is 0.339 e. The zero-order valence-electron chi connectivity index (χ0n) is 6.34. The normalized spacial score (nSPS) is 38.9. The Hall–Kier alpha value is -0.530. The predicted molar refractivity (Wildman–Crippen MR) is 38.5 cm³/mol. The molecule has 2 fully saturated rings. The number of β-lactam (4-membered cyclic amide) rings is 1. The lowest BCUT2D eigenvalue weighted by atomic mass is 9.85. The first kappa shape index (κ1) is 6.20. The van der Waals surface area contributed by atoms with Gasteiger partial charge in [0.25, 0.3) is 0 Å². The molecule has 0 aromatic rings. The van der Waals surface area contributed by atoms with E-state index in [0.717, 1.165) is 18.9 Å². The maximum absolute atomic E-state index is 10.9. The van der Waals surface area contributed by atoms with E-state index in [9.17, 15) is 4.79 Å². The van der Waals surface area contributed by atoms with Crippen LogP contribution in [0.15, 0.2) is 0 Å². The summed E-state index contributed by atoms with van der Waals surface area (Å²) in [6, 6.07) is 0.622. The van der Waals surface area contributed by atoms with E-state index in [-0.39, 0.29) is 0 Å². The molecule has 2 atom stereocenters. The van der Waals surface area contributed by atoms with Gasteiger partial charge in [-0.2, -0.15) is 0 Å². The molecule has 2 aliphatic heterocycles. The van der Waals surface area contributed by atoms with E-state index in [0.29, 0.717) is 11.9 Å². The zero-order valence-corrected chi connectivity index (χ0v) is 6.34. The van der Waals surface area contributed by atoms with Crippen LogP contribution in [0.1, 0.15) is 26.2 Å². The molecule has 10 heavy (non-hydrogen) atoms. The Labute approximate surface area is 61.2 Å². The Kier molecular flexibility index (Phi) is 1.22. The molecule has 1 amide bonds. The van der Waals surface area contributed by atoms with Crippen molar-refractivity contribution < 1.29 is 4.79 Å². The first-order chi connectivity index (χ1) is 4.77. The summed E-state index contributed by atoms with van der Waals surface area (Å²) in [6.45, 7) is 3.30. The molecule has 0 aromatic carbocycles. The van der Waals surface area contributed by atoms with E-state index in [1.54, 1.807) is 0 Å². The second kappa shape index (κ2) is 1.97. The molecule has 0 saturated carbocycles. The molecule has 0 radical (unpaired) electrons. The van der Waals surface area contributed by atoms with Crippen LogP contribution < -0.4 is 0 Å². The minimum atomic E-state index is 0.372. The second-order valence-corrected chi connectivity index (χ2v) is 3.57. The smallest absolute Gasteiger partial charge is 0.224 e. The van der Waals surface area contributed by atoms with E-state index < -0.39 is 0 Å². The molecule has 0 aliphatic carbocycles. The Bertz CT molecular complexity index is 167. The van der Waals surface area contributed by atoms with Gasteiger partial charge in [-0.3, -0.25) is 4.79 Å². The van der Waals surface area contributed by atoms with E-state index in [2.05, 4.69) is 6.92 Å². The van der Waals surface area contributed by atoms with Crippen LogP contribution >= 0.6 is 0 Å². The molecular formula is C8H13NO. The molecular weight excluding hydrogens is 126 g/mol. The minimum Gasteiger partial charge on any atom is -0.339 e. The molecule has 0 bridgehead atoms.